The molecule has 0 saturated heterocycles. The maximum Gasteiger partial charge on any atom is 0.255 e. The van der Waals surface area contributed by atoms with Crippen LogP contribution in [0.2, 0.25) is 0 Å². The molecule has 2 amide bonds. The van der Waals surface area contributed by atoms with E-state index < -0.39 is 0 Å². The van der Waals surface area contributed by atoms with Gasteiger partial charge in [-0.1, -0.05) is 0 Å². The van der Waals surface area contributed by atoms with E-state index in [0.29, 0.717) is 16.9 Å². The van der Waals surface area contributed by atoms with Crippen LogP contribution in [0.25, 0.3) is 10.2 Å². The number of aryl methyl sites for hydroxylation is 1. The van der Waals surface area contributed by atoms with Crippen LogP contribution in [-0.4, -0.2) is 16.8 Å². The maximum atomic E-state index is 12.3. The van der Waals surface area contributed by atoms with Crippen LogP contribution in [0.15, 0.2) is 42.5 Å². The Hall–Kier alpha value is -2.73. The van der Waals surface area contributed by atoms with E-state index in [-0.39, 0.29) is 11.8 Å². The highest BCUT2D eigenvalue weighted by molar-refractivity contribution is 7.18. The number of aromatic nitrogens is 1. The molecule has 0 saturated carbocycles. The van der Waals surface area contributed by atoms with Crippen LogP contribution in [0.3, 0.4) is 0 Å². The Balaban J connectivity index is 1.75. The van der Waals surface area contributed by atoms with Crippen molar-refractivity contribution in [3.05, 3.63) is 53.0 Å². The Labute approximate surface area is 137 Å². The lowest BCUT2D eigenvalue weighted by Gasteiger charge is -2.06. The molecular weight excluding hydrogens is 310 g/mol. The molecule has 0 bridgehead atoms. The van der Waals surface area contributed by atoms with Crippen molar-refractivity contribution in [2.75, 3.05) is 10.6 Å². The lowest BCUT2D eigenvalue weighted by Crippen LogP contribution is -2.12. The summed E-state index contributed by atoms with van der Waals surface area (Å²) in [5.74, 6) is -0.347. The lowest BCUT2D eigenvalue weighted by molar-refractivity contribution is -0.114. The van der Waals surface area contributed by atoms with Crippen molar-refractivity contribution in [1.82, 2.24) is 4.98 Å². The third-order valence-electron chi connectivity index (χ3n) is 3.22. The quantitative estimate of drug-likeness (QED) is 0.769. The molecule has 0 aliphatic heterocycles. The largest absolute Gasteiger partial charge is 0.326 e. The summed E-state index contributed by atoms with van der Waals surface area (Å²) >= 11 is 1.62. The van der Waals surface area contributed by atoms with Gasteiger partial charge in [-0.25, -0.2) is 4.98 Å². The molecule has 1 aromatic heterocycles. The van der Waals surface area contributed by atoms with Crippen molar-refractivity contribution in [3.63, 3.8) is 0 Å². The predicted molar refractivity (Wildman–Crippen MR) is 93.1 cm³/mol. The number of nitrogens with zero attached hydrogens (tertiary/aromatic N) is 1. The molecule has 2 N–H and O–H groups in total. The van der Waals surface area contributed by atoms with Crippen LogP contribution in [-0.2, 0) is 4.79 Å². The highest BCUT2D eigenvalue weighted by atomic mass is 32.1. The van der Waals surface area contributed by atoms with Gasteiger partial charge in [-0.05, 0) is 49.4 Å². The zero-order valence-corrected chi connectivity index (χ0v) is 13.5. The Kier molecular flexibility index (Phi) is 4.08. The van der Waals surface area contributed by atoms with Gasteiger partial charge in [-0.15, -0.1) is 11.3 Å². The number of nitrogens with one attached hydrogen (secondary N) is 2. The Bertz CT molecular complexity index is 884. The summed E-state index contributed by atoms with van der Waals surface area (Å²) in [4.78, 5) is 27.7. The second-order valence-corrected chi connectivity index (χ2v) is 6.36. The second kappa shape index (κ2) is 6.18. The standard InChI is InChI=1S/C17H15N3O2S/c1-10(21)18-13-5-3-12(4-6-13)17(22)20-14-7-8-16-15(9-14)19-11(2)23-16/h3-9H,1-2H3,(H,18,21)(H,20,22). The highest BCUT2D eigenvalue weighted by Gasteiger charge is 2.08. The number of carbonyl (C=O) groups excluding carboxylic acids is 2. The fourth-order valence-electron chi connectivity index (χ4n) is 2.23. The number of hydrogen-bond donors (Lipinski definition) is 2. The van der Waals surface area contributed by atoms with Gasteiger partial charge in [0.05, 0.1) is 15.2 Å². The average Bonchev–Trinajstić information content (AvgIpc) is 2.86. The molecule has 0 fully saturated rings. The van der Waals surface area contributed by atoms with E-state index in [2.05, 4.69) is 15.6 Å². The number of fused-ring (bicyclic) bond motifs is 1. The fraction of sp³-hybridized carbons (Fsp3) is 0.118. The summed E-state index contributed by atoms with van der Waals surface area (Å²) in [5.41, 5.74) is 2.77. The number of rotatable bonds is 3. The van der Waals surface area contributed by atoms with Gasteiger partial charge in [0.1, 0.15) is 0 Å². The third-order valence-corrected chi connectivity index (χ3v) is 4.17. The van der Waals surface area contributed by atoms with E-state index in [0.717, 1.165) is 15.2 Å². The summed E-state index contributed by atoms with van der Waals surface area (Å²) < 4.78 is 1.10. The minimum atomic E-state index is -0.203. The van der Waals surface area contributed by atoms with Crippen LogP contribution in [0, 0.1) is 6.92 Å². The number of amides is 2. The summed E-state index contributed by atoms with van der Waals surface area (Å²) in [6.07, 6.45) is 0. The lowest BCUT2D eigenvalue weighted by atomic mass is 10.2. The van der Waals surface area contributed by atoms with E-state index in [1.165, 1.54) is 6.92 Å². The minimum Gasteiger partial charge on any atom is -0.326 e. The SMILES string of the molecule is CC(=O)Nc1ccc(C(=O)Nc2ccc3sc(C)nc3c2)cc1. The van der Waals surface area contributed by atoms with E-state index in [1.54, 1.807) is 35.6 Å². The molecule has 5 nitrogen and oxygen atoms in total. The first-order chi connectivity index (χ1) is 11.0. The first-order valence-corrected chi connectivity index (χ1v) is 7.89. The molecule has 2 aromatic carbocycles. The van der Waals surface area contributed by atoms with E-state index >= 15 is 0 Å². The van der Waals surface area contributed by atoms with Crippen molar-refractivity contribution in [3.8, 4) is 0 Å². The molecule has 23 heavy (non-hydrogen) atoms. The number of carbonyl (C=O) groups is 2. The van der Waals surface area contributed by atoms with Gasteiger partial charge in [0.2, 0.25) is 5.91 Å². The molecule has 3 rings (SSSR count). The molecule has 6 heteroatoms. The molecule has 3 aromatic rings. The first kappa shape index (κ1) is 15.2. The number of thiazole rings is 1. The second-order valence-electron chi connectivity index (χ2n) is 5.13. The predicted octanol–water partition coefficient (Wildman–Crippen LogP) is 3.82. The zero-order valence-electron chi connectivity index (χ0n) is 12.7. The first-order valence-electron chi connectivity index (χ1n) is 7.07. The van der Waals surface area contributed by atoms with Gasteiger partial charge in [0.25, 0.3) is 5.91 Å². The molecular formula is C17H15N3O2S. The van der Waals surface area contributed by atoms with Crippen molar-refractivity contribution in [2.24, 2.45) is 0 Å². The summed E-state index contributed by atoms with van der Waals surface area (Å²) in [6, 6.07) is 12.4. The molecule has 0 radical (unpaired) electrons. The minimum absolute atomic E-state index is 0.144. The van der Waals surface area contributed by atoms with Gasteiger partial charge >= 0.3 is 0 Å². The topological polar surface area (TPSA) is 71.1 Å². The molecule has 0 aliphatic rings. The molecule has 0 atom stereocenters. The van der Waals surface area contributed by atoms with Crippen molar-refractivity contribution >= 4 is 44.7 Å². The van der Waals surface area contributed by atoms with Crippen LogP contribution in [0.5, 0.6) is 0 Å². The number of benzene rings is 2. The van der Waals surface area contributed by atoms with Crippen molar-refractivity contribution < 1.29 is 9.59 Å². The monoisotopic (exact) mass is 325 g/mol. The Morgan fingerprint density at radius 1 is 1.00 bits per heavy atom. The number of hydrogen-bond acceptors (Lipinski definition) is 4. The zero-order chi connectivity index (χ0) is 16.4. The molecule has 0 spiro atoms. The van der Waals surface area contributed by atoms with E-state index in [9.17, 15) is 9.59 Å². The van der Waals surface area contributed by atoms with Gasteiger partial charge in [0, 0.05) is 23.9 Å². The van der Waals surface area contributed by atoms with Crippen LogP contribution in [0.4, 0.5) is 11.4 Å². The van der Waals surface area contributed by atoms with Gasteiger partial charge in [-0.3, -0.25) is 9.59 Å². The van der Waals surface area contributed by atoms with Gasteiger partial charge in [-0.2, -0.15) is 0 Å². The van der Waals surface area contributed by atoms with Crippen molar-refractivity contribution in [2.45, 2.75) is 13.8 Å². The summed E-state index contributed by atoms with van der Waals surface area (Å²) in [6.45, 7) is 3.40. The molecule has 0 unspecified atom stereocenters. The van der Waals surface area contributed by atoms with E-state index in [4.69, 9.17) is 0 Å². The van der Waals surface area contributed by atoms with Crippen LogP contribution >= 0.6 is 11.3 Å². The highest BCUT2D eigenvalue weighted by Crippen LogP contribution is 2.24. The Morgan fingerprint density at radius 2 is 1.70 bits per heavy atom. The summed E-state index contributed by atoms with van der Waals surface area (Å²) in [7, 11) is 0. The third kappa shape index (κ3) is 3.54. The molecule has 1 heterocycles. The van der Waals surface area contributed by atoms with Crippen LogP contribution in [0.1, 0.15) is 22.3 Å². The van der Waals surface area contributed by atoms with Gasteiger partial charge < -0.3 is 10.6 Å². The average molecular weight is 325 g/mol. The summed E-state index contributed by atoms with van der Waals surface area (Å²) in [5, 5.41) is 6.52. The maximum absolute atomic E-state index is 12.3. The molecule has 0 aliphatic carbocycles. The fourth-order valence-corrected chi connectivity index (χ4v) is 3.04. The van der Waals surface area contributed by atoms with E-state index in [1.807, 2.05) is 25.1 Å². The van der Waals surface area contributed by atoms with Crippen molar-refractivity contribution in [1.29, 1.82) is 0 Å². The normalized spacial score (nSPS) is 10.5. The van der Waals surface area contributed by atoms with Crippen LogP contribution < -0.4 is 10.6 Å². The molecule has 116 valence electrons. The van der Waals surface area contributed by atoms with Gasteiger partial charge in [0.15, 0.2) is 0 Å². The number of anilines is 2. The smallest absolute Gasteiger partial charge is 0.255 e. The Morgan fingerprint density at radius 3 is 2.39 bits per heavy atom.